The Morgan fingerprint density at radius 2 is 2.04 bits per heavy atom. The Hall–Kier alpha value is -1.95. The van der Waals surface area contributed by atoms with Crippen LogP contribution in [0.5, 0.6) is 0 Å². The smallest absolute Gasteiger partial charge is 0.224 e. The van der Waals surface area contributed by atoms with Gasteiger partial charge in [-0.25, -0.2) is 9.37 Å². The van der Waals surface area contributed by atoms with Crippen LogP contribution >= 0.6 is 11.3 Å². The third kappa shape index (κ3) is 3.69. The molecular formula is C17H20FN3OS. The van der Waals surface area contributed by atoms with Gasteiger partial charge in [0.05, 0.1) is 12.2 Å². The molecule has 4 nitrogen and oxygen atoms in total. The summed E-state index contributed by atoms with van der Waals surface area (Å²) in [7, 11) is 0. The van der Waals surface area contributed by atoms with E-state index in [-0.39, 0.29) is 11.7 Å². The summed E-state index contributed by atoms with van der Waals surface area (Å²) < 4.78 is 13.1. The summed E-state index contributed by atoms with van der Waals surface area (Å²) in [5.41, 5.74) is 1.55. The molecule has 1 saturated carbocycles. The van der Waals surface area contributed by atoms with Crippen LogP contribution in [0, 0.1) is 5.82 Å². The van der Waals surface area contributed by atoms with E-state index in [4.69, 9.17) is 0 Å². The second kappa shape index (κ2) is 6.66. The number of amides is 1. The number of carbonyl (C=O) groups is 1. The predicted octanol–water partition coefficient (Wildman–Crippen LogP) is 3.82. The van der Waals surface area contributed by atoms with E-state index in [2.05, 4.69) is 16.8 Å². The number of hydrogen-bond donors (Lipinski definition) is 0. The van der Waals surface area contributed by atoms with Crippen LogP contribution in [-0.4, -0.2) is 23.5 Å². The highest BCUT2D eigenvalue weighted by molar-refractivity contribution is 7.13. The molecule has 1 aromatic carbocycles. The number of rotatable bonds is 6. The van der Waals surface area contributed by atoms with Crippen LogP contribution < -0.4 is 9.80 Å². The fourth-order valence-corrected chi connectivity index (χ4v) is 3.56. The number of nitrogens with zero attached hydrogens (tertiary/aromatic N) is 3. The molecule has 1 heterocycles. The van der Waals surface area contributed by atoms with Crippen molar-refractivity contribution >= 4 is 28.1 Å². The summed E-state index contributed by atoms with van der Waals surface area (Å²) in [5, 5.41) is 3.02. The molecule has 0 saturated heterocycles. The molecule has 1 aromatic heterocycles. The first-order valence-corrected chi connectivity index (χ1v) is 8.71. The minimum absolute atomic E-state index is 0.0827. The van der Waals surface area contributed by atoms with Crippen molar-refractivity contribution in [2.45, 2.75) is 39.3 Å². The summed E-state index contributed by atoms with van der Waals surface area (Å²) in [4.78, 5) is 20.6. The molecule has 1 aliphatic carbocycles. The second-order valence-electron chi connectivity index (χ2n) is 5.72. The van der Waals surface area contributed by atoms with E-state index in [9.17, 15) is 9.18 Å². The zero-order valence-corrected chi connectivity index (χ0v) is 14.1. The van der Waals surface area contributed by atoms with Gasteiger partial charge in [0, 0.05) is 30.6 Å². The van der Waals surface area contributed by atoms with Crippen molar-refractivity contribution in [3.63, 3.8) is 0 Å². The highest BCUT2D eigenvalue weighted by Gasteiger charge is 2.29. The van der Waals surface area contributed by atoms with Crippen LogP contribution in [0.4, 0.5) is 15.2 Å². The summed E-state index contributed by atoms with van der Waals surface area (Å²) in [6.45, 7) is 5.00. The van der Waals surface area contributed by atoms with Crippen LogP contribution in [0.3, 0.4) is 0 Å². The predicted molar refractivity (Wildman–Crippen MR) is 91.4 cm³/mol. The van der Waals surface area contributed by atoms with Crippen LogP contribution in [0.25, 0.3) is 0 Å². The van der Waals surface area contributed by atoms with Gasteiger partial charge in [-0.2, -0.15) is 0 Å². The van der Waals surface area contributed by atoms with E-state index in [0.717, 1.165) is 17.4 Å². The molecule has 0 bridgehead atoms. The summed E-state index contributed by atoms with van der Waals surface area (Å²) in [5.74, 6) is -0.392. The van der Waals surface area contributed by atoms with E-state index < -0.39 is 0 Å². The fraction of sp³-hybridized carbons (Fsp3) is 0.412. The number of thiazole rings is 1. The molecule has 2 aromatic rings. The third-order valence-corrected chi connectivity index (χ3v) is 4.88. The maximum absolute atomic E-state index is 13.1. The van der Waals surface area contributed by atoms with Gasteiger partial charge in [0.2, 0.25) is 5.91 Å². The van der Waals surface area contributed by atoms with Crippen molar-refractivity contribution in [2.75, 3.05) is 16.3 Å². The Morgan fingerprint density at radius 1 is 1.35 bits per heavy atom. The first-order valence-electron chi connectivity index (χ1n) is 7.83. The van der Waals surface area contributed by atoms with E-state index in [0.29, 0.717) is 18.3 Å². The maximum Gasteiger partial charge on any atom is 0.224 e. The van der Waals surface area contributed by atoms with Gasteiger partial charge in [0.1, 0.15) is 5.82 Å². The number of anilines is 2. The van der Waals surface area contributed by atoms with Gasteiger partial charge >= 0.3 is 0 Å². The van der Waals surface area contributed by atoms with E-state index in [1.54, 1.807) is 28.4 Å². The summed E-state index contributed by atoms with van der Waals surface area (Å²) in [6, 6.07) is 6.59. The number of halogens is 1. The number of benzene rings is 1. The molecule has 122 valence electrons. The molecule has 0 N–H and O–H groups in total. The minimum Gasteiger partial charge on any atom is -0.345 e. The Morgan fingerprint density at radius 3 is 2.61 bits per heavy atom. The van der Waals surface area contributed by atoms with Crippen LogP contribution in [0.1, 0.15) is 32.4 Å². The largest absolute Gasteiger partial charge is 0.345 e. The van der Waals surface area contributed by atoms with Crippen molar-refractivity contribution in [1.29, 1.82) is 0 Å². The molecule has 0 radical (unpaired) electrons. The first-order chi connectivity index (χ1) is 11.1. The lowest BCUT2D eigenvalue weighted by molar-refractivity contribution is -0.116. The van der Waals surface area contributed by atoms with Gasteiger partial charge in [-0.05, 0) is 44.0 Å². The first kappa shape index (κ1) is 15.9. The molecule has 0 atom stereocenters. The molecule has 1 aliphatic rings. The number of hydrogen-bond acceptors (Lipinski definition) is 4. The number of aromatic nitrogens is 1. The van der Waals surface area contributed by atoms with Crippen LogP contribution in [0.15, 0.2) is 29.6 Å². The molecule has 6 heteroatoms. The summed E-state index contributed by atoms with van der Waals surface area (Å²) >= 11 is 1.62. The van der Waals surface area contributed by atoms with Crippen molar-refractivity contribution in [3.05, 3.63) is 41.2 Å². The van der Waals surface area contributed by atoms with Crippen molar-refractivity contribution in [3.8, 4) is 0 Å². The SMILES string of the molecule is CCN(c1nc(CN(C(C)=O)c2ccc(F)cc2)cs1)C1CC1. The third-order valence-electron chi connectivity index (χ3n) is 3.95. The Balaban J connectivity index is 1.77. The standard InChI is InChI=1S/C17H20FN3OS/c1-3-20(15-8-9-15)17-19-14(11-23-17)10-21(12(2)22)16-6-4-13(18)5-7-16/h4-7,11,15H,3,8-10H2,1-2H3. The number of carbonyl (C=O) groups excluding carboxylic acids is 1. The Labute approximate surface area is 139 Å². The van der Waals surface area contributed by atoms with Crippen molar-refractivity contribution < 1.29 is 9.18 Å². The zero-order chi connectivity index (χ0) is 16.4. The molecule has 0 spiro atoms. The lowest BCUT2D eigenvalue weighted by Gasteiger charge is -2.21. The fourth-order valence-electron chi connectivity index (χ4n) is 2.60. The van der Waals surface area contributed by atoms with Gasteiger partial charge in [0.25, 0.3) is 0 Å². The van der Waals surface area contributed by atoms with E-state index >= 15 is 0 Å². The van der Waals surface area contributed by atoms with Gasteiger partial charge in [-0.15, -0.1) is 11.3 Å². The molecular weight excluding hydrogens is 313 g/mol. The highest BCUT2D eigenvalue weighted by Crippen LogP contribution is 2.33. The molecule has 0 unspecified atom stereocenters. The molecule has 1 amide bonds. The second-order valence-corrected chi connectivity index (χ2v) is 6.56. The van der Waals surface area contributed by atoms with Crippen LogP contribution in [0.2, 0.25) is 0 Å². The molecule has 0 aliphatic heterocycles. The van der Waals surface area contributed by atoms with Crippen molar-refractivity contribution in [2.24, 2.45) is 0 Å². The quantitative estimate of drug-likeness (QED) is 0.806. The van der Waals surface area contributed by atoms with Gasteiger partial charge in [-0.3, -0.25) is 4.79 Å². The lowest BCUT2D eigenvalue weighted by atomic mass is 10.2. The average Bonchev–Trinajstić information content (AvgIpc) is 3.25. The highest BCUT2D eigenvalue weighted by atomic mass is 32.1. The van der Waals surface area contributed by atoms with Gasteiger partial charge in [0.15, 0.2) is 5.13 Å². The van der Waals surface area contributed by atoms with E-state index in [1.807, 2.05) is 5.38 Å². The molecule has 23 heavy (non-hydrogen) atoms. The Kier molecular flexibility index (Phi) is 4.61. The normalized spacial score (nSPS) is 13.9. The molecule has 1 fully saturated rings. The maximum atomic E-state index is 13.1. The monoisotopic (exact) mass is 333 g/mol. The van der Waals surface area contributed by atoms with Crippen LogP contribution in [-0.2, 0) is 11.3 Å². The molecule has 3 rings (SSSR count). The lowest BCUT2D eigenvalue weighted by Crippen LogP contribution is -2.28. The topological polar surface area (TPSA) is 36.4 Å². The Bertz CT molecular complexity index is 681. The minimum atomic E-state index is -0.309. The zero-order valence-electron chi connectivity index (χ0n) is 13.3. The van der Waals surface area contributed by atoms with Gasteiger partial charge < -0.3 is 9.80 Å². The van der Waals surface area contributed by atoms with Crippen molar-refractivity contribution in [1.82, 2.24) is 4.98 Å². The van der Waals surface area contributed by atoms with Gasteiger partial charge in [-0.1, -0.05) is 0 Å². The van der Waals surface area contributed by atoms with E-state index in [1.165, 1.54) is 31.9 Å². The summed E-state index contributed by atoms with van der Waals surface area (Å²) in [6.07, 6.45) is 2.47. The average molecular weight is 333 g/mol.